The Kier molecular flexibility index (Phi) is 4.98. The van der Waals surface area contributed by atoms with Crippen LogP contribution in [0.4, 0.5) is 0 Å². The van der Waals surface area contributed by atoms with Gasteiger partial charge >= 0.3 is 0 Å². The summed E-state index contributed by atoms with van der Waals surface area (Å²) in [5.41, 5.74) is 5.11. The molecule has 1 saturated carbocycles. The van der Waals surface area contributed by atoms with Crippen molar-refractivity contribution in [3.05, 3.63) is 0 Å². The van der Waals surface area contributed by atoms with Crippen molar-refractivity contribution in [1.82, 2.24) is 20.2 Å². The number of amides is 1. The molecule has 0 unspecified atom stereocenters. The Morgan fingerprint density at radius 1 is 1.39 bits per heavy atom. The summed E-state index contributed by atoms with van der Waals surface area (Å²) in [6, 6.07) is 0.451. The molecule has 1 amide bonds. The van der Waals surface area contributed by atoms with Gasteiger partial charge in [0.15, 0.2) is 0 Å². The Bertz CT molecular complexity index is 389. The quantitative estimate of drug-likeness (QED) is 0.625. The molecule has 1 aliphatic rings. The highest BCUT2D eigenvalue weighted by atomic mass is 32.2. The van der Waals surface area contributed by atoms with E-state index in [9.17, 15) is 4.79 Å². The van der Waals surface area contributed by atoms with Crippen molar-refractivity contribution >= 4 is 17.7 Å². The summed E-state index contributed by atoms with van der Waals surface area (Å²) in [5, 5.41) is 12.8. The number of nitrogens with two attached hydrogens (primary N) is 1. The van der Waals surface area contributed by atoms with Gasteiger partial charge in [0, 0.05) is 12.2 Å². The Balaban J connectivity index is 1.85. The molecular weight excluding hydrogens is 250 g/mol. The average Bonchev–Trinajstić information content (AvgIpc) is 2.84. The first-order valence-corrected chi connectivity index (χ1v) is 7.45. The summed E-state index contributed by atoms with van der Waals surface area (Å²) in [6.07, 6.45) is 7.38. The maximum absolute atomic E-state index is 10.6. The Morgan fingerprint density at radius 2 is 2.17 bits per heavy atom. The van der Waals surface area contributed by atoms with Crippen molar-refractivity contribution in [3.63, 3.8) is 0 Å². The number of hydrogen-bond acceptors (Lipinski definition) is 5. The summed E-state index contributed by atoms with van der Waals surface area (Å²) in [7, 11) is 0. The van der Waals surface area contributed by atoms with E-state index >= 15 is 0 Å². The zero-order valence-electron chi connectivity index (χ0n) is 10.4. The Labute approximate surface area is 111 Å². The van der Waals surface area contributed by atoms with Crippen molar-refractivity contribution in [2.75, 3.05) is 5.75 Å². The maximum Gasteiger partial charge on any atom is 0.217 e. The first-order valence-electron chi connectivity index (χ1n) is 6.46. The Morgan fingerprint density at radius 3 is 2.89 bits per heavy atom. The largest absolute Gasteiger partial charge is 0.370 e. The fourth-order valence-electron chi connectivity index (χ4n) is 2.25. The number of carbonyl (C=O) groups is 1. The molecular formula is C11H19N5OS. The van der Waals surface area contributed by atoms with Crippen LogP contribution in [0.3, 0.4) is 0 Å². The van der Waals surface area contributed by atoms with Gasteiger partial charge in [-0.1, -0.05) is 31.0 Å². The van der Waals surface area contributed by atoms with E-state index in [4.69, 9.17) is 5.73 Å². The van der Waals surface area contributed by atoms with Gasteiger partial charge in [0.2, 0.25) is 11.1 Å². The smallest absolute Gasteiger partial charge is 0.217 e. The van der Waals surface area contributed by atoms with Crippen LogP contribution >= 0.6 is 11.8 Å². The summed E-state index contributed by atoms with van der Waals surface area (Å²) >= 11 is 1.61. The highest BCUT2D eigenvalue weighted by molar-refractivity contribution is 7.99. The number of thioether (sulfide) groups is 1. The molecule has 0 spiro atoms. The molecule has 0 aliphatic heterocycles. The van der Waals surface area contributed by atoms with E-state index in [0.29, 0.717) is 12.5 Å². The van der Waals surface area contributed by atoms with Crippen molar-refractivity contribution in [2.24, 2.45) is 5.73 Å². The summed E-state index contributed by atoms with van der Waals surface area (Å²) in [4.78, 5) is 10.6. The minimum Gasteiger partial charge on any atom is -0.370 e. The molecule has 1 aliphatic carbocycles. The van der Waals surface area contributed by atoms with Gasteiger partial charge in [0.1, 0.15) is 0 Å². The van der Waals surface area contributed by atoms with Crippen molar-refractivity contribution in [1.29, 1.82) is 0 Å². The molecule has 2 rings (SSSR count). The van der Waals surface area contributed by atoms with Gasteiger partial charge in [0.05, 0.1) is 6.04 Å². The molecule has 1 fully saturated rings. The molecule has 6 nitrogen and oxygen atoms in total. The lowest BCUT2D eigenvalue weighted by Gasteiger charge is -2.21. The fraction of sp³-hybridized carbons (Fsp3) is 0.818. The monoisotopic (exact) mass is 269 g/mol. The van der Waals surface area contributed by atoms with Crippen molar-refractivity contribution in [2.45, 2.75) is 56.1 Å². The number of carbonyl (C=O) groups excluding carboxylic acids is 1. The van der Waals surface area contributed by atoms with Crippen LogP contribution in [0, 0.1) is 0 Å². The second-order valence-electron chi connectivity index (χ2n) is 4.62. The van der Waals surface area contributed by atoms with Crippen molar-refractivity contribution < 1.29 is 4.79 Å². The molecule has 0 radical (unpaired) electrons. The third kappa shape index (κ3) is 3.69. The van der Waals surface area contributed by atoms with Gasteiger partial charge in [0.25, 0.3) is 0 Å². The first kappa shape index (κ1) is 13.3. The molecule has 2 N–H and O–H groups in total. The van der Waals surface area contributed by atoms with E-state index in [0.717, 1.165) is 17.3 Å². The number of tetrazole rings is 1. The van der Waals surface area contributed by atoms with Gasteiger partial charge in [-0.15, -0.1) is 5.10 Å². The number of hydrogen-bond donors (Lipinski definition) is 1. The molecule has 18 heavy (non-hydrogen) atoms. The predicted molar refractivity (Wildman–Crippen MR) is 69.1 cm³/mol. The topological polar surface area (TPSA) is 86.7 Å². The van der Waals surface area contributed by atoms with Gasteiger partial charge in [-0.2, -0.15) is 0 Å². The van der Waals surface area contributed by atoms with E-state index in [1.165, 1.54) is 32.1 Å². The van der Waals surface area contributed by atoms with Gasteiger partial charge in [-0.25, -0.2) is 4.68 Å². The second-order valence-corrected chi connectivity index (χ2v) is 5.68. The molecule has 0 atom stereocenters. The van der Waals surface area contributed by atoms with E-state index in [-0.39, 0.29) is 5.91 Å². The third-order valence-corrected chi connectivity index (χ3v) is 4.20. The minimum atomic E-state index is -0.248. The molecule has 0 bridgehead atoms. The summed E-state index contributed by atoms with van der Waals surface area (Å²) in [6.45, 7) is 0. The van der Waals surface area contributed by atoms with Crippen LogP contribution in [-0.2, 0) is 4.79 Å². The van der Waals surface area contributed by atoms with E-state index in [1.807, 2.05) is 4.68 Å². The fourth-order valence-corrected chi connectivity index (χ4v) is 3.13. The molecule has 0 saturated heterocycles. The SMILES string of the molecule is NC(=O)CCCSc1nnnn1C1CCCCC1. The zero-order chi connectivity index (χ0) is 12.8. The van der Waals surface area contributed by atoms with Crippen LogP contribution in [0.15, 0.2) is 5.16 Å². The van der Waals surface area contributed by atoms with E-state index in [2.05, 4.69) is 15.5 Å². The minimum absolute atomic E-state index is 0.248. The molecule has 100 valence electrons. The number of rotatable bonds is 6. The number of primary amides is 1. The highest BCUT2D eigenvalue weighted by Gasteiger charge is 2.19. The number of aromatic nitrogens is 4. The zero-order valence-corrected chi connectivity index (χ0v) is 11.2. The van der Waals surface area contributed by atoms with Gasteiger partial charge < -0.3 is 5.73 Å². The molecule has 7 heteroatoms. The maximum atomic E-state index is 10.6. The summed E-state index contributed by atoms with van der Waals surface area (Å²) in [5.74, 6) is 0.582. The number of nitrogens with zero attached hydrogens (tertiary/aromatic N) is 4. The van der Waals surface area contributed by atoms with Crippen LogP contribution in [-0.4, -0.2) is 31.9 Å². The lowest BCUT2D eigenvalue weighted by atomic mass is 9.96. The van der Waals surface area contributed by atoms with Gasteiger partial charge in [-0.05, 0) is 29.7 Å². The molecule has 0 aromatic carbocycles. The van der Waals surface area contributed by atoms with E-state index < -0.39 is 0 Å². The normalized spacial score (nSPS) is 16.9. The highest BCUT2D eigenvalue weighted by Crippen LogP contribution is 2.30. The van der Waals surface area contributed by atoms with Crippen LogP contribution in [0.1, 0.15) is 51.0 Å². The van der Waals surface area contributed by atoms with Crippen LogP contribution < -0.4 is 5.73 Å². The lowest BCUT2D eigenvalue weighted by molar-refractivity contribution is -0.118. The second kappa shape index (κ2) is 6.72. The third-order valence-electron chi connectivity index (χ3n) is 3.18. The van der Waals surface area contributed by atoms with Crippen LogP contribution in [0.25, 0.3) is 0 Å². The average molecular weight is 269 g/mol. The summed E-state index contributed by atoms with van der Waals surface area (Å²) < 4.78 is 1.95. The van der Waals surface area contributed by atoms with Crippen LogP contribution in [0.2, 0.25) is 0 Å². The molecule has 1 aromatic heterocycles. The predicted octanol–water partition coefficient (Wildman–Crippen LogP) is 1.54. The van der Waals surface area contributed by atoms with E-state index in [1.54, 1.807) is 11.8 Å². The van der Waals surface area contributed by atoms with Crippen molar-refractivity contribution in [3.8, 4) is 0 Å². The standard InChI is InChI=1S/C11H19N5OS/c12-10(17)7-4-8-18-11-13-14-15-16(11)9-5-2-1-3-6-9/h9H,1-8H2,(H2,12,17). The molecule has 1 heterocycles. The molecule has 1 aromatic rings. The lowest BCUT2D eigenvalue weighted by Crippen LogP contribution is -2.15. The Hall–Kier alpha value is -1.11. The van der Waals surface area contributed by atoms with Gasteiger partial charge in [-0.3, -0.25) is 4.79 Å². The van der Waals surface area contributed by atoms with Crippen LogP contribution in [0.5, 0.6) is 0 Å². The first-order chi connectivity index (χ1) is 8.77.